The Bertz CT molecular complexity index is 537. The molecule has 1 N–H and O–H groups in total. The van der Waals surface area contributed by atoms with E-state index in [0.717, 1.165) is 31.6 Å². The zero-order valence-electron chi connectivity index (χ0n) is 13.7. The van der Waals surface area contributed by atoms with Crippen molar-refractivity contribution in [3.63, 3.8) is 0 Å². The molecule has 0 radical (unpaired) electrons. The van der Waals surface area contributed by atoms with Crippen LogP contribution in [-0.2, 0) is 11.2 Å². The van der Waals surface area contributed by atoms with E-state index in [1.165, 1.54) is 0 Å². The van der Waals surface area contributed by atoms with Gasteiger partial charge < -0.3 is 19.7 Å². The summed E-state index contributed by atoms with van der Waals surface area (Å²) in [7, 11) is 1.60. The third kappa shape index (κ3) is 5.15. The molecule has 23 heavy (non-hydrogen) atoms. The molecule has 0 aliphatic carbocycles. The zero-order valence-corrected chi connectivity index (χ0v) is 14.5. The van der Waals surface area contributed by atoms with Crippen molar-refractivity contribution < 1.29 is 14.3 Å². The van der Waals surface area contributed by atoms with E-state index in [9.17, 15) is 4.79 Å². The number of nitrogens with one attached hydrogen (secondary N) is 1. The summed E-state index contributed by atoms with van der Waals surface area (Å²) >= 11 is 0. The monoisotopic (exact) mass is 340 g/mol. The first-order chi connectivity index (χ1) is 10.7. The molecule has 0 saturated carbocycles. The number of allylic oxidation sites excluding steroid dienone is 1. The number of hydrogen-bond donors (Lipinski definition) is 1. The van der Waals surface area contributed by atoms with Gasteiger partial charge in [-0.3, -0.25) is 4.79 Å². The minimum absolute atomic E-state index is 0. The van der Waals surface area contributed by atoms with Gasteiger partial charge in [0, 0.05) is 25.7 Å². The Kier molecular flexibility index (Phi) is 7.92. The van der Waals surface area contributed by atoms with E-state index < -0.39 is 0 Å². The summed E-state index contributed by atoms with van der Waals surface area (Å²) in [6, 6.07) is 5.90. The van der Waals surface area contributed by atoms with Crippen LogP contribution in [0.5, 0.6) is 11.5 Å². The largest absolute Gasteiger partial charge is 0.493 e. The molecule has 0 aromatic heterocycles. The second-order valence-corrected chi connectivity index (χ2v) is 5.41. The molecule has 6 heteroatoms. The molecule has 1 aromatic carbocycles. The Morgan fingerprint density at radius 3 is 2.91 bits per heavy atom. The number of halogens is 1. The summed E-state index contributed by atoms with van der Waals surface area (Å²) in [4.78, 5) is 14.1. The summed E-state index contributed by atoms with van der Waals surface area (Å²) in [5, 5.41) is 3.27. The number of methoxy groups -OCH3 is 1. The minimum atomic E-state index is 0. The van der Waals surface area contributed by atoms with Gasteiger partial charge in [0.15, 0.2) is 18.1 Å². The quantitative estimate of drug-likeness (QED) is 0.805. The maximum absolute atomic E-state index is 12.3. The van der Waals surface area contributed by atoms with Gasteiger partial charge in [0.1, 0.15) is 0 Å². The van der Waals surface area contributed by atoms with Crippen molar-refractivity contribution >= 4 is 18.3 Å². The lowest BCUT2D eigenvalue weighted by Gasteiger charge is -2.33. The zero-order chi connectivity index (χ0) is 15.9. The van der Waals surface area contributed by atoms with Crippen molar-refractivity contribution in [1.82, 2.24) is 10.2 Å². The van der Waals surface area contributed by atoms with Gasteiger partial charge in [-0.05, 0) is 31.0 Å². The maximum atomic E-state index is 12.3. The highest BCUT2D eigenvalue weighted by atomic mass is 35.5. The van der Waals surface area contributed by atoms with E-state index in [0.29, 0.717) is 11.5 Å². The number of carbonyl (C=O) groups excluding carboxylic acids is 1. The van der Waals surface area contributed by atoms with Gasteiger partial charge in [0.05, 0.1) is 7.11 Å². The normalized spacial score (nSPS) is 17.1. The number of carbonyl (C=O) groups is 1. The first-order valence-electron chi connectivity index (χ1n) is 7.56. The van der Waals surface area contributed by atoms with Gasteiger partial charge in [-0.15, -0.1) is 19.0 Å². The van der Waals surface area contributed by atoms with E-state index in [-0.39, 0.29) is 31.0 Å². The van der Waals surface area contributed by atoms with Gasteiger partial charge in [0.2, 0.25) is 0 Å². The summed E-state index contributed by atoms with van der Waals surface area (Å²) in [5.74, 6) is 1.23. The van der Waals surface area contributed by atoms with Crippen molar-refractivity contribution in [3.8, 4) is 11.5 Å². The molecule has 0 unspecified atom stereocenters. The average Bonchev–Trinajstić information content (AvgIpc) is 2.54. The van der Waals surface area contributed by atoms with Crippen molar-refractivity contribution in [2.75, 3.05) is 33.4 Å². The standard InChI is InChI=1S/C17H24N2O3.ClH/c1-4-5-14-6-7-15(16(10-14)21-3)22-12-17(20)19-9-8-18-11-13(19)2;/h4,6-7,10,13,18H,1,5,8-9,11-12H2,2-3H3;1H/t13-;/m0./s1. The van der Waals surface area contributed by atoms with Gasteiger partial charge in [0.25, 0.3) is 5.91 Å². The van der Waals surface area contributed by atoms with Crippen LogP contribution < -0.4 is 14.8 Å². The number of amides is 1. The lowest BCUT2D eigenvalue weighted by atomic mass is 10.1. The summed E-state index contributed by atoms with van der Waals surface area (Å²) in [6.07, 6.45) is 2.61. The molecule has 0 spiro atoms. The Morgan fingerprint density at radius 2 is 2.26 bits per heavy atom. The van der Waals surface area contributed by atoms with E-state index in [1.807, 2.05) is 36.1 Å². The molecule has 128 valence electrons. The van der Waals surface area contributed by atoms with Crippen LogP contribution in [0.3, 0.4) is 0 Å². The summed E-state index contributed by atoms with van der Waals surface area (Å²) in [5.41, 5.74) is 1.10. The van der Waals surface area contributed by atoms with Gasteiger partial charge in [-0.2, -0.15) is 0 Å². The number of rotatable bonds is 6. The van der Waals surface area contributed by atoms with Crippen molar-refractivity contribution in [2.45, 2.75) is 19.4 Å². The van der Waals surface area contributed by atoms with Crippen LogP contribution in [0, 0.1) is 0 Å². The van der Waals surface area contributed by atoms with E-state index in [4.69, 9.17) is 9.47 Å². The van der Waals surface area contributed by atoms with Gasteiger partial charge in [-0.1, -0.05) is 12.1 Å². The molecular weight excluding hydrogens is 316 g/mol. The third-order valence-electron chi connectivity index (χ3n) is 3.78. The summed E-state index contributed by atoms with van der Waals surface area (Å²) < 4.78 is 11.0. The van der Waals surface area contributed by atoms with E-state index >= 15 is 0 Å². The van der Waals surface area contributed by atoms with Gasteiger partial charge >= 0.3 is 0 Å². The summed E-state index contributed by atoms with van der Waals surface area (Å²) in [6.45, 7) is 8.17. The highest BCUT2D eigenvalue weighted by molar-refractivity contribution is 5.85. The molecule has 1 fully saturated rings. The lowest BCUT2D eigenvalue weighted by Crippen LogP contribution is -2.53. The van der Waals surface area contributed by atoms with Crippen LogP contribution in [0.1, 0.15) is 12.5 Å². The Morgan fingerprint density at radius 1 is 1.48 bits per heavy atom. The molecule has 1 aromatic rings. The van der Waals surface area contributed by atoms with Crippen LogP contribution in [0.15, 0.2) is 30.9 Å². The number of hydrogen-bond acceptors (Lipinski definition) is 4. The fourth-order valence-electron chi connectivity index (χ4n) is 2.56. The Hall–Kier alpha value is -1.72. The number of nitrogens with zero attached hydrogens (tertiary/aromatic N) is 1. The van der Waals surface area contributed by atoms with E-state index in [2.05, 4.69) is 11.9 Å². The van der Waals surface area contributed by atoms with E-state index in [1.54, 1.807) is 7.11 Å². The smallest absolute Gasteiger partial charge is 0.260 e. The van der Waals surface area contributed by atoms with Crippen molar-refractivity contribution in [1.29, 1.82) is 0 Å². The molecule has 0 bridgehead atoms. The fourth-order valence-corrected chi connectivity index (χ4v) is 2.56. The first kappa shape index (κ1) is 19.3. The van der Waals surface area contributed by atoms with Gasteiger partial charge in [-0.25, -0.2) is 0 Å². The molecule has 1 atom stereocenters. The predicted molar refractivity (Wildman–Crippen MR) is 93.7 cm³/mol. The molecular formula is C17H25ClN2O3. The second-order valence-electron chi connectivity index (χ2n) is 5.41. The number of benzene rings is 1. The lowest BCUT2D eigenvalue weighted by molar-refractivity contribution is -0.136. The van der Waals surface area contributed by atoms with Crippen LogP contribution in [0.25, 0.3) is 0 Å². The topological polar surface area (TPSA) is 50.8 Å². The van der Waals surface area contributed by atoms with Crippen LogP contribution in [-0.4, -0.2) is 50.2 Å². The molecule has 2 rings (SSSR count). The fraction of sp³-hybridized carbons (Fsp3) is 0.471. The Balaban J connectivity index is 0.00000264. The van der Waals surface area contributed by atoms with Crippen LogP contribution in [0.2, 0.25) is 0 Å². The predicted octanol–water partition coefficient (Wildman–Crippen LogP) is 2.04. The number of ether oxygens (including phenoxy) is 2. The van der Waals surface area contributed by atoms with Crippen molar-refractivity contribution in [3.05, 3.63) is 36.4 Å². The number of piperazine rings is 1. The first-order valence-corrected chi connectivity index (χ1v) is 7.56. The average molecular weight is 341 g/mol. The molecule has 1 saturated heterocycles. The molecule has 1 aliphatic rings. The molecule has 1 heterocycles. The highest BCUT2D eigenvalue weighted by Gasteiger charge is 2.23. The Labute approximate surface area is 144 Å². The SMILES string of the molecule is C=CCc1ccc(OCC(=O)N2CCNC[C@@H]2C)c(OC)c1.Cl. The van der Waals surface area contributed by atoms with Crippen LogP contribution >= 0.6 is 12.4 Å². The van der Waals surface area contributed by atoms with Crippen LogP contribution in [0.4, 0.5) is 0 Å². The third-order valence-corrected chi connectivity index (χ3v) is 3.78. The highest BCUT2D eigenvalue weighted by Crippen LogP contribution is 2.28. The molecule has 5 nitrogen and oxygen atoms in total. The van der Waals surface area contributed by atoms with Crippen molar-refractivity contribution in [2.24, 2.45) is 0 Å². The minimum Gasteiger partial charge on any atom is -0.493 e. The maximum Gasteiger partial charge on any atom is 0.260 e. The molecule has 1 aliphatic heterocycles. The molecule has 1 amide bonds. The second kappa shape index (κ2) is 9.43.